The first-order valence-corrected chi connectivity index (χ1v) is 8.40. The van der Waals surface area contributed by atoms with Crippen LogP contribution in [0.3, 0.4) is 0 Å². The van der Waals surface area contributed by atoms with E-state index in [2.05, 4.69) is 32.1 Å². The number of methoxy groups -OCH3 is 2. The molecule has 0 aliphatic carbocycles. The Morgan fingerprint density at radius 3 is 2.48 bits per heavy atom. The minimum atomic E-state index is 0.652. The van der Waals surface area contributed by atoms with Crippen molar-refractivity contribution in [2.75, 3.05) is 57.7 Å². The summed E-state index contributed by atoms with van der Waals surface area (Å²) in [5.41, 5.74) is 1.09. The number of anilines is 2. The number of nitrogens with one attached hydrogen (secondary N) is 1. The highest BCUT2D eigenvalue weighted by Crippen LogP contribution is 2.27. The molecule has 134 valence electrons. The van der Waals surface area contributed by atoms with Crippen molar-refractivity contribution >= 4 is 11.6 Å². The molecule has 1 N–H and O–H groups in total. The number of hydrogen-bond donors (Lipinski definition) is 1. The fourth-order valence-corrected chi connectivity index (χ4v) is 2.84. The lowest BCUT2D eigenvalue weighted by molar-refractivity contribution is 0.312. The standard InChI is InChI=1S/C18H25N5O2/c1-22-6-8-23(9-7-22)18-11-17(20-13-21-18)19-12-14-4-5-15(24-2)16(10-14)25-3/h4-5,10-11,13H,6-9,12H2,1-3H3,(H,19,20,21). The first kappa shape index (κ1) is 17.3. The van der Waals surface area contributed by atoms with Crippen molar-refractivity contribution in [3.63, 3.8) is 0 Å². The molecule has 1 aromatic heterocycles. The molecule has 0 spiro atoms. The summed E-state index contributed by atoms with van der Waals surface area (Å²) < 4.78 is 10.6. The molecule has 0 radical (unpaired) electrons. The van der Waals surface area contributed by atoms with Gasteiger partial charge in [0.05, 0.1) is 14.2 Å². The van der Waals surface area contributed by atoms with Gasteiger partial charge in [-0.1, -0.05) is 6.07 Å². The summed E-state index contributed by atoms with van der Waals surface area (Å²) in [7, 11) is 5.42. The lowest BCUT2D eigenvalue weighted by Crippen LogP contribution is -2.44. The molecule has 0 bridgehead atoms. The number of rotatable bonds is 6. The van der Waals surface area contributed by atoms with Gasteiger partial charge in [-0.15, -0.1) is 0 Å². The molecular formula is C18H25N5O2. The molecular weight excluding hydrogens is 318 g/mol. The van der Waals surface area contributed by atoms with Crippen LogP contribution in [0, 0.1) is 0 Å². The summed E-state index contributed by atoms with van der Waals surface area (Å²) in [5.74, 6) is 3.24. The monoisotopic (exact) mass is 343 g/mol. The molecule has 2 aromatic rings. The zero-order chi connectivity index (χ0) is 17.6. The Bertz CT molecular complexity index is 702. The van der Waals surface area contributed by atoms with Crippen molar-refractivity contribution in [1.29, 1.82) is 0 Å². The molecule has 2 heterocycles. The third-order valence-electron chi connectivity index (χ3n) is 4.40. The van der Waals surface area contributed by atoms with Crippen LogP contribution in [0.15, 0.2) is 30.6 Å². The van der Waals surface area contributed by atoms with E-state index in [1.54, 1.807) is 20.5 Å². The van der Waals surface area contributed by atoms with Crippen molar-refractivity contribution in [3.05, 3.63) is 36.2 Å². The Morgan fingerprint density at radius 2 is 1.76 bits per heavy atom. The minimum absolute atomic E-state index is 0.652. The smallest absolute Gasteiger partial charge is 0.161 e. The topological polar surface area (TPSA) is 62.8 Å². The van der Waals surface area contributed by atoms with Gasteiger partial charge in [-0.25, -0.2) is 9.97 Å². The quantitative estimate of drug-likeness (QED) is 0.859. The van der Waals surface area contributed by atoms with E-state index in [-0.39, 0.29) is 0 Å². The number of aromatic nitrogens is 2. The van der Waals surface area contributed by atoms with Crippen molar-refractivity contribution < 1.29 is 9.47 Å². The number of nitrogens with zero attached hydrogens (tertiary/aromatic N) is 4. The number of benzene rings is 1. The molecule has 3 rings (SSSR count). The van der Waals surface area contributed by atoms with Crippen LogP contribution >= 0.6 is 0 Å². The summed E-state index contributed by atoms with van der Waals surface area (Å²) >= 11 is 0. The zero-order valence-electron chi connectivity index (χ0n) is 15.0. The van der Waals surface area contributed by atoms with Crippen molar-refractivity contribution in [2.24, 2.45) is 0 Å². The van der Waals surface area contributed by atoms with Crippen LogP contribution in [0.5, 0.6) is 11.5 Å². The van der Waals surface area contributed by atoms with E-state index in [1.165, 1.54) is 0 Å². The summed E-state index contributed by atoms with van der Waals surface area (Å²) in [6, 6.07) is 7.89. The van der Waals surface area contributed by atoms with Gasteiger partial charge in [-0.05, 0) is 24.7 Å². The second-order valence-electron chi connectivity index (χ2n) is 6.09. The van der Waals surface area contributed by atoms with Crippen molar-refractivity contribution in [2.45, 2.75) is 6.54 Å². The Morgan fingerprint density at radius 1 is 1.00 bits per heavy atom. The Balaban J connectivity index is 1.64. The van der Waals surface area contributed by atoms with Crippen LogP contribution in [0.25, 0.3) is 0 Å². The summed E-state index contributed by atoms with van der Waals surface area (Å²) in [6.07, 6.45) is 1.62. The molecule has 0 amide bonds. The van der Waals surface area contributed by atoms with E-state index in [1.807, 2.05) is 24.3 Å². The van der Waals surface area contributed by atoms with Crippen LogP contribution in [-0.2, 0) is 6.54 Å². The SMILES string of the molecule is COc1ccc(CNc2cc(N3CCN(C)CC3)ncn2)cc1OC. The second-order valence-corrected chi connectivity index (χ2v) is 6.09. The maximum atomic E-state index is 5.35. The van der Waals surface area contributed by atoms with Gasteiger partial charge in [0.25, 0.3) is 0 Å². The fourth-order valence-electron chi connectivity index (χ4n) is 2.84. The van der Waals surface area contributed by atoms with Crippen LogP contribution in [0.2, 0.25) is 0 Å². The third-order valence-corrected chi connectivity index (χ3v) is 4.40. The molecule has 0 unspecified atom stereocenters. The number of piperazine rings is 1. The molecule has 25 heavy (non-hydrogen) atoms. The summed E-state index contributed by atoms with van der Waals surface area (Å²) in [6.45, 7) is 4.74. The normalized spacial score (nSPS) is 15.1. The molecule has 7 nitrogen and oxygen atoms in total. The Hall–Kier alpha value is -2.54. The highest BCUT2D eigenvalue weighted by molar-refractivity contribution is 5.50. The Kier molecular flexibility index (Phi) is 5.55. The van der Waals surface area contributed by atoms with Gasteiger partial charge in [-0.2, -0.15) is 0 Å². The van der Waals surface area contributed by atoms with E-state index in [0.29, 0.717) is 6.54 Å². The number of ether oxygens (including phenoxy) is 2. The van der Waals surface area contributed by atoms with Gasteiger partial charge < -0.3 is 24.6 Å². The number of hydrogen-bond acceptors (Lipinski definition) is 7. The molecule has 0 atom stereocenters. The predicted molar refractivity (Wildman–Crippen MR) is 98.6 cm³/mol. The minimum Gasteiger partial charge on any atom is -0.493 e. The second kappa shape index (κ2) is 8.02. The average Bonchev–Trinajstić information content (AvgIpc) is 2.67. The largest absolute Gasteiger partial charge is 0.493 e. The Labute approximate surface area is 148 Å². The average molecular weight is 343 g/mol. The van der Waals surface area contributed by atoms with Crippen LogP contribution in [0.1, 0.15) is 5.56 Å². The lowest BCUT2D eigenvalue weighted by Gasteiger charge is -2.33. The van der Waals surface area contributed by atoms with Gasteiger partial charge in [0.15, 0.2) is 11.5 Å². The highest BCUT2D eigenvalue weighted by Gasteiger charge is 2.15. The molecule has 1 aromatic carbocycles. The van der Waals surface area contributed by atoms with E-state index < -0.39 is 0 Å². The van der Waals surface area contributed by atoms with Crippen LogP contribution < -0.4 is 19.7 Å². The molecule has 0 saturated carbocycles. The highest BCUT2D eigenvalue weighted by atomic mass is 16.5. The first-order valence-electron chi connectivity index (χ1n) is 8.40. The van der Waals surface area contributed by atoms with Gasteiger partial charge >= 0.3 is 0 Å². The van der Waals surface area contributed by atoms with E-state index in [4.69, 9.17) is 9.47 Å². The van der Waals surface area contributed by atoms with Gasteiger partial charge in [0.2, 0.25) is 0 Å². The zero-order valence-corrected chi connectivity index (χ0v) is 15.0. The fraction of sp³-hybridized carbons (Fsp3) is 0.444. The van der Waals surface area contributed by atoms with E-state index in [0.717, 1.165) is 54.9 Å². The van der Waals surface area contributed by atoms with Gasteiger partial charge in [-0.3, -0.25) is 0 Å². The van der Waals surface area contributed by atoms with Gasteiger partial charge in [0.1, 0.15) is 18.0 Å². The third kappa shape index (κ3) is 4.30. The molecule has 7 heteroatoms. The van der Waals surface area contributed by atoms with E-state index in [9.17, 15) is 0 Å². The van der Waals surface area contributed by atoms with Crippen LogP contribution in [-0.4, -0.2) is 62.3 Å². The van der Waals surface area contributed by atoms with Crippen LogP contribution in [0.4, 0.5) is 11.6 Å². The molecule has 1 aliphatic heterocycles. The first-order chi connectivity index (χ1) is 12.2. The predicted octanol–water partition coefficient (Wildman–Crippen LogP) is 1.86. The molecule has 1 fully saturated rings. The maximum Gasteiger partial charge on any atom is 0.161 e. The maximum absolute atomic E-state index is 5.35. The van der Waals surface area contributed by atoms with Crippen molar-refractivity contribution in [3.8, 4) is 11.5 Å². The van der Waals surface area contributed by atoms with Gasteiger partial charge in [0, 0.05) is 38.8 Å². The summed E-state index contributed by atoms with van der Waals surface area (Å²) in [5, 5.41) is 3.35. The van der Waals surface area contributed by atoms with Crippen molar-refractivity contribution in [1.82, 2.24) is 14.9 Å². The molecule has 1 saturated heterocycles. The molecule has 1 aliphatic rings. The van der Waals surface area contributed by atoms with E-state index >= 15 is 0 Å². The summed E-state index contributed by atoms with van der Waals surface area (Å²) in [4.78, 5) is 13.4. The number of likely N-dealkylation sites (N-methyl/N-ethyl adjacent to an activating group) is 1. The lowest BCUT2D eigenvalue weighted by atomic mass is 10.2.